The van der Waals surface area contributed by atoms with E-state index in [1.54, 1.807) is 18.7 Å². The summed E-state index contributed by atoms with van der Waals surface area (Å²) in [6.07, 6.45) is 0. The molecular formula is C9H17N5OS. The molecule has 6 nitrogen and oxygen atoms in total. The van der Waals surface area contributed by atoms with Gasteiger partial charge in [0.1, 0.15) is 5.82 Å². The number of rotatable bonds is 2. The van der Waals surface area contributed by atoms with Crippen LogP contribution in [-0.2, 0) is 13.6 Å². The van der Waals surface area contributed by atoms with Crippen LogP contribution in [0.4, 0.5) is 4.79 Å². The van der Waals surface area contributed by atoms with Gasteiger partial charge in [-0.1, -0.05) is 0 Å². The van der Waals surface area contributed by atoms with E-state index < -0.39 is 0 Å². The molecular weight excluding hydrogens is 226 g/mol. The van der Waals surface area contributed by atoms with Crippen molar-refractivity contribution in [3.63, 3.8) is 0 Å². The van der Waals surface area contributed by atoms with Gasteiger partial charge in [-0.15, -0.1) is 5.10 Å². The molecule has 1 heterocycles. The Hall–Kier alpha value is -1.21. The first-order chi connectivity index (χ1) is 7.34. The molecule has 0 spiro atoms. The Kier molecular flexibility index (Phi) is 3.82. The second kappa shape index (κ2) is 4.75. The van der Waals surface area contributed by atoms with Crippen LogP contribution >= 0.6 is 12.2 Å². The molecule has 0 aromatic carbocycles. The summed E-state index contributed by atoms with van der Waals surface area (Å²) >= 11 is 5.16. The Morgan fingerprint density at radius 2 is 1.94 bits per heavy atom. The molecule has 1 rings (SSSR count). The monoisotopic (exact) mass is 243 g/mol. The minimum absolute atomic E-state index is 0.231. The molecule has 0 radical (unpaired) electrons. The number of nitrogens with zero attached hydrogens (tertiary/aromatic N) is 5. The fourth-order valence-corrected chi connectivity index (χ4v) is 1.44. The maximum Gasteiger partial charge on any atom is 0.346 e. The molecule has 16 heavy (non-hydrogen) atoms. The average molecular weight is 243 g/mol. The zero-order valence-electron chi connectivity index (χ0n) is 10.3. The van der Waals surface area contributed by atoms with Gasteiger partial charge in [0.2, 0.25) is 4.77 Å². The van der Waals surface area contributed by atoms with Gasteiger partial charge in [-0.25, -0.2) is 4.79 Å². The molecule has 1 aromatic heterocycles. The number of hydrogen-bond donors (Lipinski definition) is 0. The first-order valence-corrected chi connectivity index (χ1v) is 5.26. The largest absolute Gasteiger partial charge is 0.346 e. The minimum atomic E-state index is -0.231. The summed E-state index contributed by atoms with van der Waals surface area (Å²) in [5.41, 5.74) is 0. The number of carbonyl (C=O) groups is 1. The summed E-state index contributed by atoms with van der Waals surface area (Å²) in [6, 6.07) is -0.231. The molecule has 0 atom stereocenters. The van der Waals surface area contributed by atoms with E-state index in [1.807, 2.05) is 26.0 Å². The molecule has 0 aliphatic carbocycles. The maximum atomic E-state index is 11.7. The highest BCUT2D eigenvalue weighted by atomic mass is 32.1. The lowest BCUT2D eigenvalue weighted by Crippen LogP contribution is -2.28. The number of amides is 1. The van der Waals surface area contributed by atoms with Crippen molar-refractivity contribution in [1.29, 1.82) is 0 Å². The van der Waals surface area contributed by atoms with Crippen LogP contribution in [0.15, 0.2) is 0 Å². The highest BCUT2D eigenvalue weighted by Gasteiger charge is 2.15. The van der Waals surface area contributed by atoms with Gasteiger partial charge in [-0.3, -0.25) is 0 Å². The predicted octanol–water partition coefficient (Wildman–Crippen LogP) is 0.542. The third kappa shape index (κ3) is 2.48. The van der Waals surface area contributed by atoms with Crippen molar-refractivity contribution in [3.8, 4) is 0 Å². The third-order valence-corrected chi connectivity index (χ3v) is 2.54. The van der Waals surface area contributed by atoms with Crippen LogP contribution in [0.3, 0.4) is 0 Å². The fraction of sp³-hybridized carbons (Fsp3) is 0.667. The predicted molar refractivity (Wildman–Crippen MR) is 63.9 cm³/mol. The van der Waals surface area contributed by atoms with Gasteiger partial charge in [-0.2, -0.15) is 4.68 Å². The Bertz CT molecular complexity index is 445. The van der Waals surface area contributed by atoms with Crippen molar-refractivity contribution < 1.29 is 4.79 Å². The standard InChI is InChI=1S/C9H17N5OS/c1-11(2)6-7-10-14(8(15)12(3)4)9(16)13(7)5/h6H2,1-5H3. The topological polar surface area (TPSA) is 46.3 Å². The van der Waals surface area contributed by atoms with Crippen LogP contribution in [0.5, 0.6) is 0 Å². The SMILES string of the molecule is CN(C)Cc1nn(C(=O)N(C)C)c(=S)n1C. The molecule has 90 valence electrons. The lowest BCUT2D eigenvalue weighted by molar-refractivity contribution is 0.215. The summed E-state index contributed by atoms with van der Waals surface area (Å²) in [5, 5.41) is 4.21. The zero-order valence-corrected chi connectivity index (χ0v) is 11.1. The molecule has 0 unspecified atom stereocenters. The summed E-state index contributed by atoms with van der Waals surface area (Å²) in [4.78, 5) is 15.2. The van der Waals surface area contributed by atoms with E-state index >= 15 is 0 Å². The van der Waals surface area contributed by atoms with Gasteiger partial charge in [0.15, 0.2) is 0 Å². The van der Waals surface area contributed by atoms with Gasteiger partial charge in [0.25, 0.3) is 0 Å². The zero-order chi connectivity index (χ0) is 12.5. The van der Waals surface area contributed by atoms with Crippen molar-refractivity contribution >= 4 is 18.2 Å². The van der Waals surface area contributed by atoms with E-state index in [2.05, 4.69) is 5.10 Å². The van der Waals surface area contributed by atoms with Gasteiger partial charge >= 0.3 is 6.03 Å². The fourth-order valence-electron chi connectivity index (χ4n) is 1.21. The van der Waals surface area contributed by atoms with Crippen LogP contribution in [0.1, 0.15) is 5.82 Å². The highest BCUT2D eigenvalue weighted by molar-refractivity contribution is 7.71. The second-order valence-electron chi connectivity index (χ2n) is 4.08. The maximum absolute atomic E-state index is 11.7. The van der Waals surface area contributed by atoms with Gasteiger partial charge in [0.05, 0.1) is 6.54 Å². The van der Waals surface area contributed by atoms with Gasteiger partial charge in [0, 0.05) is 21.1 Å². The van der Waals surface area contributed by atoms with E-state index in [9.17, 15) is 4.79 Å². The van der Waals surface area contributed by atoms with Gasteiger partial charge < -0.3 is 14.4 Å². The minimum Gasteiger partial charge on any atom is -0.329 e. The second-order valence-corrected chi connectivity index (χ2v) is 4.45. The molecule has 0 saturated heterocycles. The Labute approximate surface area is 100 Å². The number of hydrogen-bond acceptors (Lipinski definition) is 4. The molecule has 0 fully saturated rings. The highest BCUT2D eigenvalue weighted by Crippen LogP contribution is 2.02. The molecule has 0 saturated carbocycles. The smallest absolute Gasteiger partial charge is 0.329 e. The van der Waals surface area contributed by atoms with Crippen molar-refractivity contribution in [2.24, 2.45) is 7.05 Å². The number of carbonyl (C=O) groups excluding carboxylic acids is 1. The third-order valence-electron chi connectivity index (χ3n) is 2.09. The van der Waals surface area contributed by atoms with Crippen LogP contribution in [-0.4, -0.2) is 58.4 Å². The van der Waals surface area contributed by atoms with Crippen molar-refractivity contribution in [3.05, 3.63) is 10.6 Å². The van der Waals surface area contributed by atoms with Crippen molar-refractivity contribution in [1.82, 2.24) is 24.1 Å². The van der Waals surface area contributed by atoms with E-state index in [0.29, 0.717) is 11.3 Å². The summed E-state index contributed by atoms with van der Waals surface area (Å²) in [7, 11) is 9.04. The molecule has 7 heteroatoms. The van der Waals surface area contributed by atoms with E-state index in [-0.39, 0.29) is 6.03 Å². The average Bonchev–Trinajstić information content (AvgIpc) is 2.44. The lowest BCUT2D eigenvalue weighted by Gasteiger charge is -2.08. The van der Waals surface area contributed by atoms with Crippen LogP contribution in [0, 0.1) is 4.77 Å². The summed E-state index contributed by atoms with van der Waals surface area (Å²) in [5.74, 6) is 0.769. The first kappa shape index (κ1) is 12.9. The van der Waals surface area contributed by atoms with Crippen LogP contribution in [0.25, 0.3) is 0 Å². The number of aromatic nitrogens is 3. The van der Waals surface area contributed by atoms with E-state index in [1.165, 1.54) is 9.58 Å². The Morgan fingerprint density at radius 1 is 1.38 bits per heavy atom. The molecule has 0 aliphatic rings. The first-order valence-electron chi connectivity index (χ1n) is 4.86. The molecule has 1 aromatic rings. The van der Waals surface area contributed by atoms with Crippen molar-refractivity contribution in [2.45, 2.75) is 6.54 Å². The Morgan fingerprint density at radius 3 is 2.38 bits per heavy atom. The van der Waals surface area contributed by atoms with Crippen LogP contribution in [0.2, 0.25) is 0 Å². The van der Waals surface area contributed by atoms with Crippen LogP contribution < -0.4 is 0 Å². The molecule has 1 amide bonds. The summed E-state index contributed by atoms with van der Waals surface area (Å²) < 4.78 is 3.40. The Balaban J connectivity index is 3.15. The normalized spacial score (nSPS) is 10.9. The lowest BCUT2D eigenvalue weighted by atomic mass is 10.5. The van der Waals surface area contributed by atoms with Gasteiger partial charge in [-0.05, 0) is 26.3 Å². The van der Waals surface area contributed by atoms with Crippen molar-refractivity contribution in [2.75, 3.05) is 28.2 Å². The quantitative estimate of drug-likeness (QED) is 0.711. The van der Waals surface area contributed by atoms with E-state index in [0.717, 1.165) is 5.82 Å². The molecule has 0 aliphatic heterocycles. The van der Waals surface area contributed by atoms with E-state index in [4.69, 9.17) is 12.2 Å². The summed E-state index contributed by atoms with van der Waals surface area (Å²) in [6.45, 7) is 0.647. The molecule has 0 N–H and O–H groups in total. The molecule has 0 bridgehead atoms.